The number of carbonyl (C=O) groups excluding carboxylic acids is 5. The summed E-state index contributed by atoms with van der Waals surface area (Å²) in [4.78, 5) is 64.2. The number of rotatable bonds is 15. The van der Waals surface area contributed by atoms with Crippen LogP contribution in [-0.2, 0) is 25.7 Å². The number of imide groups is 1. The standard InChI is InChI=1S/C32H52N6O7/c1-21(2)27(36-26(40)10-6-8-22-15-18-38(19-16-22)31(44)45-32(3,4)5)29(42)37-28(41)25(9-7-17-34-30(33)43)35-24-13-11-23(20-39)12-14-24/h11-14,21-22,25,27,35,39H,6-10,15-20H2,1-5H3,(H,36,40)(H3,33,34,43)(H,37,41,42)/t25-,27-/m0/s1. The number of urea groups is 1. The van der Waals surface area contributed by atoms with Gasteiger partial charge < -0.3 is 36.4 Å². The van der Waals surface area contributed by atoms with Crippen LogP contribution in [0.3, 0.4) is 0 Å². The smallest absolute Gasteiger partial charge is 0.410 e. The second kappa shape index (κ2) is 18.2. The number of nitrogens with zero attached hydrogens (tertiary/aromatic N) is 1. The van der Waals surface area contributed by atoms with Gasteiger partial charge in [0.1, 0.15) is 17.7 Å². The van der Waals surface area contributed by atoms with Crippen LogP contribution >= 0.6 is 0 Å². The number of piperidine rings is 1. The first-order valence-electron chi connectivity index (χ1n) is 15.8. The number of nitrogens with one attached hydrogen (secondary N) is 4. The third-order valence-corrected chi connectivity index (χ3v) is 7.56. The second-order valence-electron chi connectivity index (χ2n) is 12.9. The number of amides is 6. The van der Waals surface area contributed by atoms with E-state index in [2.05, 4.69) is 21.3 Å². The van der Waals surface area contributed by atoms with Crippen molar-refractivity contribution in [1.29, 1.82) is 0 Å². The Hall–Kier alpha value is -3.87. The van der Waals surface area contributed by atoms with Gasteiger partial charge in [-0.1, -0.05) is 26.0 Å². The summed E-state index contributed by atoms with van der Waals surface area (Å²) >= 11 is 0. The minimum Gasteiger partial charge on any atom is -0.444 e. The lowest BCUT2D eigenvalue weighted by molar-refractivity contribution is -0.135. The minimum absolute atomic E-state index is 0.116. The van der Waals surface area contributed by atoms with Gasteiger partial charge in [0.25, 0.3) is 0 Å². The maximum atomic E-state index is 13.2. The highest BCUT2D eigenvalue weighted by Crippen LogP contribution is 2.24. The molecule has 2 atom stereocenters. The Morgan fingerprint density at radius 1 is 1.02 bits per heavy atom. The van der Waals surface area contributed by atoms with Crippen LogP contribution in [-0.4, -0.2) is 77.2 Å². The summed E-state index contributed by atoms with van der Waals surface area (Å²) in [5, 5.41) is 20.1. The van der Waals surface area contributed by atoms with Gasteiger partial charge in [-0.15, -0.1) is 0 Å². The van der Waals surface area contributed by atoms with Crippen LogP contribution in [0, 0.1) is 11.8 Å². The van der Waals surface area contributed by atoms with Crippen molar-refractivity contribution in [3.8, 4) is 0 Å². The Morgan fingerprint density at radius 3 is 2.22 bits per heavy atom. The summed E-state index contributed by atoms with van der Waals surface area (Å²) < 4.78 is 5.45. The van der Waals surface area contributed by atoms with Gasteiger partial charge in [-0.3, -0.25) is 19.7 Å². The molecular formula is C32H52N6O7. The minimum atomic E-state index is -0.903. The molecule has 0 saturated carbocycles. The monoisotopic (exact) mass is 632 g/mol. The van der Waals surface area contributed by atoms with Crippen molar-refractivity contribution < 1.29 is 33.8 Å². The first kappa shape index (κ1) is 37.3. The molecule has 0 aromatic heterocycles. The first-order valence-corrected chi connectivity index (χ1v) is 15.8. The maximum absolute atomic E-state index is 13.2. The number of carbonyl (C=O) groups is 5. The summed E-state index contributed by atoms with van der Waals surface area (Å²) in [5.41, 5.74) is 5.92. The lowest BCUT2D eigenvalue weighted by atomic mass is 9.91. The highest BCUT2D eigenvalue weighted by molar-refractivity contribution is 6.02. The fraction of sp³-hybridized carbons (Fsp3) is 0.656. The van der Waals surface area contributed by atoms with Crippen molar-refractivity contribution in [2.24, 2.45) is 17.6 Å². The van der Waals surface area contributed by atoms with Crippen LogP contribution in [0.5, 0.6) is 0 Å². The third kappa shape index (κ3) is 14.2. The molecule has 1 aliphatic rings. The molecule has 1 aromatic carbocycles. The van der Waals surface area contributed by atoms with E-state index < -0.39 is 35.5 Å². The molecule has 13 nitrogen and oxygen atoms in total. The van der Waals surface area contributed by atoms with E-state index in [0.29, 0.717) is 43.1 Å². The lowest BCUT2D eigenvalue weighted by Gasteiger charge is -2.33. The van der Waals surface area contributed by atoms with E-state index in [0.717, 1.165) is 19.3 Å². The molecule has 1 heterocycles. The third-order valence-electron chi connectivity index (χ3n) is 7.56. The highest BCUT2D eigenvalue weighted by Gasteiger charge is 2.29. The largest absolute Gasteiger partial charge is 0.444 e. The normalized spacial score (nSPS) is 15.1. The van der Waals surface area contributed by atoms with Crippen LogP contribution in [0.2, 0.25) is 0 Å². The van der Waals surface area contributed by atoms with Gasteiger partial charge in [-0.2, -0.15) is 0 Å². The van der Waals surface area contributed by atoms with Crippen molar-refractivity contribution in [2.45, 2.75) is 104 Å². The van der Waals surface area contributed by atoms with E-state index in [1.807, 2.05) is 20.8 Å². The molecule has 1 aromatic rings. The van der Waals surface area contributed by atoms with Crippen LogP contribution in [0.4, 0.5) is 15.3 Å². The molecule has 13 heteroatoms. The molecule has 1 aliphatic heterocycles. The number of primary amides is 1. The van der Waals surface area contributed by atoms with Crippen molar-refractivity contribution in [3.05, 3.63) is 29.8 Å². The van der Waals surface area contributed by atoms with Gasteiger partial charge in [0, 0.05) is 31.7 Å². The zero-order chi connectivity index (χ0) is 33.6. The van der Waals surface area contributed by atoms with Gasteiger partial charge >= 0.3 is 12.1 Å². The Labute approximate surface area is 266 Å². The van der Waals surface area contributed by atoms with Crippen LogP contribution in [0.1, 0.15) is 85.1 Å². The van der Waals surface area contributed by atoms with Crippen LogP contribution in [0.25, 0.3) is 0 Å². The fourth-order valence-electron chi connectivity index (χ4n) is 5.04. The number of hydrogen-bond acceptors (Lipinski definition) is 8. The van der Waals surface area contributed by atoms with Crippen molar-refractivity contribution in [1.82, 2.24) is 20.9 Å². The molecule has 45 heavy (non-hydrogen) atoms. The lowest BCUT2D eigenvalue weighted by Crippen LogP contribution is -2.53. The molecule has 1 saturated heterocycles. The average molecular weight is 633 g/mol. The molecule has 6 amide bonds. The molecular weight excluding hydrogens is 580 g/mol. The predicted octanol–water partition coefficient (Wildman–Crippen LogP) is 3.01. The average Bonchev–Trinajstić information content (AvgIpc) is 2.96. The second-order valence-corrected chi connectivity index (χ2v) is 12.9. The zero-order valence-corrected chi connectivity index (χ0v) is 27.3. The van der Waals surface area contributed by atoms with E-state index in [4.69, 9.17) is 10.5 Å². The molecule has 0 spiro atoms. The van der Waals surface area contributed by atoms with Crippen LogP contribution < -0.4 is 27.0 Å². The topological polar surface area (TPSA) is 192 Å². The number of likely N-dealkylation sites (tertiary alicyclic amines) is 1. The summed E-state index contributed by atoms with van der Waals surface area (Å²) in [7, 11) is 0. The Kier molecular flexibility index (Phi) is 15.1. The van der Waals surface area contributed by atoms with E-state index in [9.17, 15) is 29.1 Å². The molecule has 0 aliphatic carbocycles. The van der Waals surface area contributed by atoms with Crippen molar-refractivity contribution in [2.75, 3.05) is 25.0 Å². The number of hydrogen-bond donors (Lipinski definition) is 6. The summed E-state index contributed by atoms with van der Waals surface area (Å²) in [6.07, 6.45) is 3.84. The first-order chi connectivity index (χ1) is 21.2. The predicted molar refractivity (Wildman–Crippen MR) is 171 cm³/mol. The van der Waals surface area contributed by atoms with Crippen molar-refractivity contribution >= 4 is 35.5 Å². The van der Waals surface area contributed by atoms with Crippen LogP contribution in [0.15, 0.2) is 24.3 Å². The van der Waals surface area contributed by atoms with E-state index >= 15 is 0 Å². The highest BCUT2D eigenvalue weighted by atomic mass is 16.6. The number of ether oxygens (including phenoxy) is 1. The Morgan fingerprint density at radius 2 is 1.67 bits per heavy atom. The maximum Gasteiger partial charge on any atom is 0.410 e. The molecule has 2 rings (SSSR count). The van der Waals surface area contributed by atoms with Gasteiger partial charge in [0.05, 0.1) is 6.61 Å². The molecule has 7 N–H and O–H groups in total. The van der Waals surface area contributed by atoms with Gasteiger partial charge in [0.15, 0.2) is 0 Å². The SMILES string of the molecule is CC(C)[C@H](NC(=O)CCCC1CCN(C(=O)OC(C)(C)C)CC1)C(=O)NC(=O)[C@H](CCCNC(N)=O)Nc1ccc(CO)cc1. The Bertz CT molecular complexity index is 1130. The molecule has 0 bridgehead atoms. The quantitative estimate of drug-likeness (QED) is 0.159. The van der Waals surface area contributed by atoms with Gasteiger partial charge in [-0.05, 0) is 88.8 Å². The number of aliphatic hydroxyl groups excluding tert-OH is 1. The zero-order valence-electron chi connectivity index (χ0n) is 27.3. The molecule has 0 radical (unpaired) electrons. The number of anilines is 1. The summed E-state index contributed by atoms with van der Waals surface area (Å²) in [5.74, 6) is -1.30. The van der Waals surface area contributed by atoms with Gasteiger partial charge in [-0.25, -0.2) is 9.59 Å². The Balaban J connectivity index is 1.87. The van der Waals surface area contributed by atoms with Crippen molar-refractivity contribution in [3.63, 3.8) is 0 Å². The number of nitrogens with two attached hydrogens (primary N) is 1. The number of aliphatic hydroxyl groups is 1. The van der Waals surface area contributed by atoms with E-state index in [-0.39, 0.29) is 43.9 Å². The van der Waals surface area contributed by atoms with E-state index in [1.54, 1.807) is 43.0 Å². The molecule has 1 fully saturated rings. The molecule has 0 unspecified atom stereocenters. The molecule has 252 valence electrons. The van der Waals surface area contributed by atoms with E-state index in [1.165, 1.54) is 0 Å². The number of benzene rings is 1. The van der Waals surface area contributed by atoms with Gasteiger partial charge in [0.2, 0.25) is 17.7 Å². The summed E-state index contributed by atoms with van der Waals surface area (Å²) in [6, 6.07) is 4.49. The fourth-order valence-corrected chi connectivity index (χ4v) is 5.04. The summed E-state index contributed by atoms with van der Waals surface area (Å²) in [6.45, 7) is 10.5.